The Morgan fingerprint density at radius 2 is 1.86 bits per heavy atom. The zero-order valence-electron chi connectivity index (χ0n) is 16.0. The van der Waals surface area contributed by atoms with Gasteiger partial charge in [0.25, 0.3) is 11.8 Å². The van der Waals surface area contributed by atoms with Gasteiger partial charge in [-0.05, 0) is 30.9 Å². The molecular formula is C21H26N2O5. The third kappa shape index (κ3) is 2.97. The number of ether oxygens (including phenoxy) is 3. The van der Waals surface area contributed by atoms with Crippen LogP contribution in [-0.2, 0) is 9.47 Å². The predicted octanol–water partition coefficient (Wildman–Crippen LogP) is 1.32. The Morgan fingerprint density at radius 3 is 2.57 bits per heavy atom. The molecule has 4 unspecified atom stereocenters. The van der Waals surface area contributed by atoms with Gasteiger partial charge in [-0.1, -0.05) is 0 Å². The summed E-state index contributed by atoms with van der Waals surface area (Å²) in [7, 11) is 1.59. The highest BCUT2D eigenvalue weighted by atomic mass is 16.5. The first kappa shape index (κ1) is 17.9. The van der Waals surface area contributed by atoms with E-state index in [4.69, 9.17) is 14.2 Å². The second-order valence-corrected chi connectivity index (χ2v) is 8.28. The molecule has 3 heterocycles. The summed E-state index contributed by atoms with van der Waals surface area (Å²) in [6, 6.07) is 3.76. The molecule has 0 spiro atoms. The van der Waals surface area contributed by atoms with Gasteiger partial charge in [-0.15, -0.1) is 0 Å². The zero-order chi connectivity index (χ0) is 19.3. The maximum atomic E-state index is 12.9. The van der Waals surface area contributed by atoms with E-state index in [-0.39, 0.29) is 23.8 Å². The first-order chi connectivity index (χ1) is 13.7. The molecule has 5 rings (SSSR count). The van der Waals surface area contributed by atoms with Crippen LogP contribution in [0.4, 0.5) is 0 Å². The summed E-state index contributed by atoms with van der Waals surface area (Å²) in [6.45, 7) is 3.48. The van der Waals surface area contributed by atoms with E-state index in [1.807, 2.05) is 6.07 Å². The summed E-state index contributed by atoms with van der Waals surface area (Å²) in [4.78, 5) is 25.4. The lowest BCUT2D eigenvalue weighted by Gasteiger charge is -2.26. The van der Waals surface area contributed by atoms with E-state index in [9.17, 15) is 9.59 Å². The number of nitrogens with one attached hydrogen (secondary N) is 2. The smallest absolute Gasteiger partial charge is 0.254 e. The van der Waals surface area contributed by atoms with Crippen molar-refractivity contribution in [2.24, 2.45) is 17.8 Å². The highest BCUT2D eigenvalue weighted by molar-refractivity contribution is 6.02. The number of hydrogen-bond donors (Lipinski definition) is 2. The molecule has 1 aromatic carbocycles. The van der Waals surface area contributed by atoms with Gasteiger partial charge < -0.3 is 24.8 Å². The van der Waals surface area contributed by atoms with Crippen molar-refractivity contribution in [3.8, 4) is 5.75 Å². The number of hydrogen-bond acceptors (Lipinski definition) is 5. The first-order valence-corrected chi connectivity index (χ1v) is 10.2. The highest BCUT2D eigenvalue weighted by Gasteiger charge is 2.54. The average molecular weight is 386 g/mol. The van der Waals surface area contributed by atoms with Crippen LogP contribution in [0.25, 0.3) is 0 Å². The van der Waals surface area contributed by atoms with Gasteiger partial charge in [0.05, 0.1) is 32.0 Å². The average Bonchev–Trinajstić information content (AvgIpc) is 3.10. The molecule has 1 aromatic rings. The molecule has 1 aliphatic carbocycles. The molecule has 28 heavy (non-hydrogen) atoms. The lowest BCUT2D eigenvalue weighted by Crippen LogP contribution is -2.30. The lowest BCUT2D eigenvalue weighted by atomic mass is 9.83. The molecule has 2 saturated heterocycles. The van der Waals surface area contributed by atoms with E-state index >= 15 is 0 Å². The van der Waals surface area contributed by atoms with Crippen LogP contribution < -0.4 is 15.4 Å². The van der Waals surface area contributed by atoms with E-state index in [2.05, 4.69) is 10.6 Å². The van der Waals surface area contributed by atoms with Gasteiger partial charge in [0.15, 0.2) is 0 Å². The predicted molar refractivity (Wildman–Crippen MR) is 101 cm³/mol. The molecule has 7 heteroatoms. The minimum absolute atomic E-state index is 0.127. The van der Waals surface area contributed by atoms with Crippen molar-refractivity contribution in [1.29, 1.82) is 0 Å². The standard InChI is InChI=1S/C21H26N2O5/c1-22-21(25)14-6-12(20(24)23-18-16-8-27-9-17(16)18)5-13-15(10-28-19(13)14)11-3-2-4-26-7-11/h5-6,11,15-18H,2-4,7-10H2,1H3,(H,22,25)(H,23,24). The second-order valence-electron chi connectivity index (χ2n) is 8.28. The topological polar surface area (TPSA) is 85.9 Å². The van der Waals surface area contributed by atoms with Crippen LogP contribution in [0.15, 0.2) is 12.1 Å². The quantitative estimate of drug-likeness (QED) is 0.815. The fraction of sp³-hybridized carbons (Fsp3) is 0.619. The third-order valence-corrected chi connectivity index (χ3v) is 6.67. The molecule has 0 bridgehead atoms. The van der Waals surface area contributed by atoms with Gasteiger partial charge in [0, 0.05) is 48.6 Å². The van der Waals surface area contributed by atoms with Crippen LogP contribution in [0, 0.1) is 17.8 Å². The van der Waals surface area contributed by atoms with E-state index in [0.29, 0.717) is 47.8 Å². The third-order valence-electron chi connectivity index (χ3n) is 6.67. The van der Waals surface area contributed by atoms with Crippen molar-refractivity contribution in [3.63, 3.8) is 0 Å². The molecule has 1 saturated carbocycles. The summed E-state index contributed by atoms with van der Waals surface area (Å²) >= 11 is 0. The van der Waals surface area contributed by atoms with E-state index in [1.165, 1.54) is 0 Å². The Hall–Kier alpha value is -2.12. The number of carbonyl (C=O) groups is 2. The Morgan fingerprint density at radius 1 is 1.04 bits per heavy atom. The Labute approximate surface area is 164 Å². The van der Waals surface area contributed by atoms with E-state index in [1.54, 1.807) is 13.1 Å². The number of fused-ring (bicyclic) bond motifs is 2. The van der Waals surface area contributed by atoms with Gasteiger partial charge in [-0.2, -0.15) is 0 Å². The van der Waals surface area contributed by atoms with Gasteiger partial charge >= 0.3 is 0 Å². The molecule has 150 valence electrons. The summed E-state index contributed by atoms with van der Waals surface area (Å²) in [5.74, 6) is 1.63. The molecule has 4 atom stereocenters. The molecule has 3 fully saturated rings. The summed E-state index contributed by atoms with van der Waals surface area (Å²) in [6.07, 6.45) is 2.11. The van der Waals surface area contributed by atoms with Crippen LogP contribution in [0.1, 0.15) is 45.0 Å². The van der Waals surface area contributed by atoms with Crippen LogP contribution >= 0.6 is 0 Å². The molecule has 2 amide bonds. The molecular weight excluding hydrogens is 360 g/mol. The van der Waals surface area contributed by atoms with Crippen molar-refractivity contribution < 1.29 is 23.8 Å². The molecule has 4 aliphatic rings. The largest absolute Gasteiger partial charge is 0.492 e. The number of rotatable bonds is 4. The Balaban J connectivity index is 1.44. The maximum absolute atomic E-state index is 12.9. The SMILES string of the molecule is CNC(=O)c1cc(C(=O)NC2C3COCC32)cc2c1OCC2C1CCCOC1. The van der Waals surface area contributed by atoms with Crippen molar-refractivity contribution >= 4 is 11.8 Å². The summed E-state index contributed by atoms with van der Waals surface area (Å²) < 4.78 is 17.0. The maximum Gasteiger partial charge on any atom is 0.254 e. The van der Waals surface area contributed by atoms with Crippen molar-refractivity contribution in [2.45, 2.75) is 24.8 Å². The Kier molecular flexibility index (Phi) is 4.51. The van der Waals surface area contributed by atoms with Crippen LogP contribution in [0.5, 0.6) is 5.75 Å². The molecule has 7 nitrogen and oxygen atoms in total. The van der Waals surface area contributed by atoms with Crippen LogP contribution in [0.3, 0.4) is 0 Å². The van der Waals surface area contributed by atoms with Crippen LogP contribution in [0.2, 0.25) is 0 Å². The minimum Gasteiger partial charge on any atom is -0.492 e. The monoisotopic (exact) mass is 386 g/mol. The minimum atomic E-state index is -0.233. The number of carbonyl (C=O) groups excluding carboxylic acids is 2. The van der Waals surface area contributed by atoms with E-state index in [0.717, 1.165) is 38.2 Å². The molecule has 0 radical (unpaired) electrons. The van der Waals surface area contributed by atoms with Gasteiger partial charge in [-0.3, -0.25) is 9.59 Å². The molecule has 0 aromatic heterocycles. The highest BCUT2D eigenvalue weighted by Crippen LogP contribution is 2.45. The van der Waals surface area contributed by atoms with Crippen molar-refractivity contribution in [1.82, 2.24) is 10.6 Å². The Bertz CT molecular complexity index is 794. The molecule has 2 N–H and O–H groups in total. The fourth-order valence-corrected chi connectivity index (χ4v) is 4.95. The fourth-order valence-electron chi connectivity index (χ4n) is 4.95. The summed E-state index contributed by atoms with van der Waals surface area (Å²) in [5, 5.41) is 5.79. The second kappa shape index (κ2) is 7.04. The van der Waals surface area contributed by atoms with E-state index < -0.39 is 0 Å². The van der Waals surface area contributed by atoms with Crippen molar-refractivity contribution in [3.05, 3.63) is 28.8 Å². The normalized spacial score (nSPS) is 32.8. The number of amides is 2. The number of benzene rings is 1. The van der Waals surface area contributed by atoms with Crippen LogP contribution in [-0.4, -0.2) is 57.9 Å². The van der Waals surface area contributed by atoms with Crippen molar-refractivity contribution in [2.75, 3.05) is 40.1 Å². The zero-order valence-corrected chi connectivity index (χ0v) is 16.0. The first-order valence-electron chi connectivity index (χ1n) is 10.2. The van der Waals surface area contributed by atoms with Gasteiger partial charge in [-0.25, -0.2) is 0 Å². The van der Waals surface area contributed by atoms with Gasteiger partial charge in [0.1, 0.15) is 5.75 Å². The summed E-state index contributed by atoms with van der Waals surface area (Å²) in [5.41, 5.74) is 1.92. The van der Waals surface area contributed by atoms with Gasteiger partial charge in [0.2, 0.25) is 0 Å². The lowest BCUT2D eigenvalue weighted by molar-refractivity contribution is 0.0410. The molecule has 3 aliphatic heterocycles.